The molecular formula is C13H25BrN4. The van der Waals surface area contributed by atoms with Gasteiger partial charge in [-0.05, 0) is 34.2 Å². The Labute approximate surface area is 118 Å². The smallest absolute Gasteiger partial charge is 0.0766 e. The third-order valence-corrected chi connectivity index (χ3v) is 3.95. The van der Waals surface area contributed by atoms with Gasteiger partial charge in [0.1, 0.15) is 0 Å². The Bertz CT molecular complexity index is 392. The molecule has 0 aliphatic heterocycles. The van der Waals surface area contributed by atoms with E-state index in [4.69, 9.17) is 5.84 Å². The second-order valence-electron chi connectivity index (χ2n) is 6.02. The second kappa shape index (κ2) is 6.17. The minimum Gasteiger partial charge on any atom is -0.271 e. The topological polar surface area (TPSA) is 55.9 Å². The van der Waals surface area contributed by atoms with E-state index in [0.29, 0.717) is 0 Å². The van der Waals surface area contributed by atoms with Crippen LogP contribution in [0.4, 0.5) is 0 Å². The lowest BCUT2D eigenvalue weighted by atomic mass is 9.87. The monoisotopic (exact) mass is 316 g/mol. The number of aryl methyl sites for hydroxylation is 2. The molecule has 0 aliphatic carbocycles. The van der Waals surface area contributed by atoms with E-state index in [9.17, 15) is 0 Å². The normalized spacial score (nSPS) is 13.9. The second-order valence-corrected chi connectivity index (χ2v) is 6.81. The summed E-state index contributed by atoms with van der Waals surface area (Å²) in [6, 6.07) is 0.265. The lowest BCUT2D eigenvalue weighted by Crippen LogP contribution is -2.39. The third kappa shape index (κ3) is 4.07. The Kier molecular flexibility index (Phi) is 5.37. The van der Waals surface area contributed by atoms with Gasteiger partial charge in [0.05, 0.1) is 15.9 Å². The quantitative estimate of drug-likeness (QED) is 0.648. The number of aromatic nitrogens is 2. The van der Waals surface area contributed by atoms with Gasteiger partial charge in [0.2, 0.25) is 0 Å². The Morgan fingerprint density at radius 3 is 2.44 bits per heavy atom. The molecule has 1 heterocycles. The maximum absolute atomic E-state index is 5.67. The predicted molar refractivity (Wildman–Crippen MR) is 79.2 cm³/mol. The highest BCUT2D eigenvalue weighted by molar-refractivity contribution is 9.10. The number of hydrogen-bond donors (Lipinski definition) is 2. The summed E-state index contributed by atoms with van der Waals surface area (Å²) in [5.74, 6) is 5.67. The first-order valence-electron chi connectivity index (χ1n) is 6.45. The van der Waals surface area contributed by atoms with Crippen LogP contribution in [0.15, 0.2) is 4.47 Å². The Balaban J connectivity index is 2.85. The van der Waals surface area contributed by atoms with Crippen molar-refractivity contribution in [2.45, 2.75) is 53.0 Å². The van der Waals surface area contributed by atoms with Crippen molar-refractivity contribution < 1.29 is 0 Å². The minimum absolute atomic E-state index is 0.260. The van der Waals surface area contributed by atoms with E-state index >= 15 is 0 Å². The Hall–Kier alpha value is -0.390. The molecule has 1 unspecified atom stereocenters. The van der Waals surface area contributed by atoms with Crippen LogP contribution >= 0.6 is 15.9 Å². The number of nitrogens with zero attached hydrogens (tertiary/aromatic N) is 2. The third-order valence-electron chi connectivity index (χ3n) is 3.04. The zero-order chi connectivity index (χ0) is 13.9. The zero-order valence-corrected chi connectivity index (χ0v) is 13.6. The molecule has 0 radical (unpaired) electrons. The van der Waals surface area contributed by atoms with Crippen molar-refractivity contribution in [3.63, 3.8) is 0 Å². The van der Waals surface area contributed by atoms with E-state index in [0.717, 1.165) is 29.4 Å². The molecule has 0 aliphatic rings. The van der Waals surface area contributed by atoms with Crippen LogP contribution in [0.1, 0.15) is 45.5 Å². The van der Waals surface area contributed by atoms with Gasteiger partial charge >= 0.3 is 0 Å². The first-order valence-corrected chi connectivity index (χ1v) is 7.24. The highest BCUT2D eigenvalue weighted by Gasteiger charge is 2.21. The maximum Gasteiger partial charge on any atom is 0.0766 e. The van der Waals surface area contributed by atoms with Crippen LogP contribution in [0, 0.1) is 5.41 Å². The summed E-state index contributed by atoms with van der Waals surface area (Å²) in [6.07, 6.45) is 2.86. The standard InChI is InChI=1S/C13H25BrN4/c1-6-10-12(14)11(18(5)17-10)7-9(16-15)8-13(2,3)4/h9,16H,6-8,15H2,1-5H3. The van der Waals surface area contributed by atoms with Gasteiger partial charge < -0.3 is 0 Å². The molecule has 1 aromatic rings. The van der Waals surface area contributed by atoms with E-state index in [1.807, 2.05) is 11.7 Å². The van der Waals surface area contributed by atoms with Crippen LogP contribution in [0.3, 0.4) is 0 Å². The van der Waals surface area contributed by atoms with Crippen molar-refractivity contribution in [1.29, 1.82) is 0 Å². The van der Waals surface area contributed by atoms with E-state index in [2.05, 4.69) is 54.1 Å². The lowest BCUT2D eigenvalue weighted by Gasteiger charge is -2.25. The summed E-state index contributed by atoms with van der Waals surface area (Å²) >= 11 is 3.65. The molecule has 5 heteroatoms. The number of hydrazine groups is 1. The summed E-state index contributed by atoms with van der Waals surface area (Å²) < 4.78 is 3.08. The fraction of sp³-hybridized carbons (Fsp3) is 0.769. The first kappa shape index (κ1) is 15.7. The van der Waals surface area contributed by atoms with Crippen LogP contribution in [-0.4, -0.2) is 15.8 Å². The molecule has 1 atom stereocenters. The molecule has 1 aromatic heterocycles. The van der Waals surface area contributed by atoms with E-state index in [1.165, 1.54) is 5.69 Å². The van der Waals surface area contributed by atoms with Crippen molar-refractivity contribution in [3.8, 4) is 0 Å². The maximum atomic E-state index is 5.67. The van der Waals surface area contributed by atoms with Crippen molar-refractivity contribution in [3.05, 3.63) is 15.9 Å². The average molecular weight is 317 g/mol. The molecule has 4 nitrogen and oxygen atoms in total. The van der Waals surface area contributed by atoms with Crippen molar-refractivity contribution >= 4 is 15.9 Å². The average Bonchev–Trinajstić information content (AvgIpc) is 2.53. The first-order chi connectivity index (χ1) is 8.28. The summed E-state index contributed by atoms with van der Waals surface area (Å²) in [5, 5.41) is 4.51. The molecule has 0 saturated heterocycles. The summed E-state index contributed by atoms with van der Waals surface area (Å²) in [7, 11) is 1.99. The molecular weight excluding hydrogens is 292 g/mol. The predicted octanol–water partition coefficient (Wildman–Crippen LogP) is 2.56. The molecule has 0 amide bonds. The number of nitrogens with one attached hydrogen (secondary N) is 1. The SMILES string of the molecule is CCc1nn(C)c(CC(CC(C)(C)C)NN)c1Br. The van der Waals surface area contributed by atoms with Crippen LogP contribution < -0.4 is 11.3 Å². The zero-order valence-electron chi connectivity index (χ0n) is 12.0. The van der Waals surface area contributed by atoms with Gasteiger partial charge in [0, 0.05) is 19.5 Å². The molecule has 0 aromatic carbocycles. The van der Waals surface area contributed by atoms with E-state index in [-0.39, 0.29) is 11.5 Å². The summed E-state index contributed by atoms with van der Waals surface area (Å²) in [6.45, 7) is 8.80. The number of hydrogen-bond acceptors (Lipinski definition) is 3. The molecule has 1 rings (SSSR count). The van der Waals surface area contributed by atoms with E-state index < -0.39 is 0 Å². The fourth-order valence-corrected chi connectivity index (χ4v) is 2.98. The van der Waals surface area contributed by atoms with Crippen molar-refractivity contribution in [2.24, 2.45) is 18.3 Å². The summed E-state index contributed by atoms with van der Waals surface area (Å²) in [5.41, 5.74) is 5.50. The molecule has 18 heavy (non-hydrogen) atoms. The molecule has 0 bridgehead atoms. The molecule has 0 saturated carbocycles. The molecule has 0 spiro atoms. The Morgan fingerprint density at radius 2 is 2.06 bits per heavy atom. The molecule has 0 fully saturated rings. The number of halogens is 1. The van der Waals surface area contributed by atoms with Crippen LogP contribution in [0.2, 0.25) is 0 Å². The van der Waals surface area contributed by atoms with Crippen LogP contribution in [0.25, 0.3) is 0 Å². The van der Waals surface area contributed by atoms with Gasteiger partial charge in [-0.2, -0.15) is 5.10 Å². The van der Waals surface area contributed by atoms with Gasteiger partial charge in [-0.25, -0.2) is 0 Å². The van der Waals surface area contributed by atoms with Crippen molar-refractivity contribution in [2.75, 3.05) is 0 Å². The van der Waals surface area contributed by atoms with Gasteiger partial charge in [-0.15, -0.1) is 0 Å². The molecule has 3 N–H and O–H groups in total. The van der Waals surface area contributed by atoms with Crippen LogP contribution in [0.5, 0.6) is 0 Å². The van der Waals surface area contributed by atoms with Gasteiger partial charge in [-0.3, -0.25) is 16.0 Å². The fourth-order valence-electron chi connectivity index (χ4n) is 2.20. The highest BCUT2D eigenvalue weighted by atomic mass is 79.9. The van der Waals surface area contributed by atoms with Gasteiger partial charge in [0.15, 0.2) is 0 Å². The minimum atomic E-state index is 0.260. The number of rotatable bonds is 5. The number of nitrogens with two attached hydrogens (primary N) is 1. The largest absolute Gasteiger partial charge is 0.271 e. The Morgan fingerprint density at radius 1 is 1.44 bits per heavy atom. The molecule has 104 valence electrons. The highest BCUT2D eigenvalue weighted by Crippen LogP contribution is 2.26. The van der Waals surface area contributed by atoms with Crippen molar-refractivity contribution in [1.82, 2.24) is 15.2 Å². The lowest BCUT2D eigenvalue weighted by molar-refractivity contribution is 0.305. The summed E-state index contributed by atoms with van der Waals surface area (Å²) in [4.78, 5) is 0. The van der Waals surface area contributed by atoms with Gasteiger partial charge in [0.25, 0.3) is 0 Å². The van der Waals surface area contributed by atoms with Crippen LogP contribution in [-0.2, 0) is 19.9 Å². The van der Waals surface area contributed by atoms with E-state index in [1.54, 1.807) is 0 Å². The van der Waals surface area contributed by atoms with Gasteiger partial charge in [-0.1, -0.05) is 27.7 Å².